The number of carbonyl (C=O) groups excluding carboxylic acids is 2. The van der Waals surface area contributed by atoms with Crippen LogP contribution >= 0.6 is 0 Å². The summed E-state index contributed by atoms with van der Waals surface area (Å²) in [5.74, 6) is 1.24. The van der Waals surface area contributed by atoms with Crippen LogP contribution in [-0.4, -0.2) is 73.6 Å². The first-order chi connectivity index (χ1) is 14.5. The Bertz CT molecular complexity index is 819. The minimum atomic E-state index is -0.142. The average Bonchev–Trinajstić information content (AvgIpc) is 3.01. The summed E-state index contributed by atoms with van der Waals surface area (Å²) < 4.78 is 10.8. The Balaban J connectivity index is 1.33. The third kappa shape index (κ3) is 3.96. The summed E-state index contributed by atoms with van der Waals surface area (Å²) in [5, 5.41) is 0. The van der Waals surface area contributed by atoms with Crippen molar-refractivity contribution in [1.82, 2.24) is 14.7 Å². The zero-order valence-corrected chi connectivity index (χ0v) is 18.1. The summed E-state index contributed by atoms with van der Waals surface area (Å²) in [5.41, 5.74) is 2.40. The van der Waals surface area contributed by atoms with Gasteiger partial charge in [0.15, 0.2) is 11.5 Å². The molecule has 30 heavy (non-hydrogen) atoms. The number of nitrogens with zero attached hydrogens (tertiary/aromatic N) is 3. The first kappa shape index (κ1) is 20.9. The highest BCUT2D eigenvalue weighted by molar-refractivity contribution is 6.05. The average molecular weight is 414 g/mol. The second kappa shape index (κ2) is 8.78. The number of fused-ring (bicyclic) bond motifs is 1. The van der Waals surface area contributed by atoms with Gasteiger partial charge in [-0.2, -0.15) is 0 Å². The number of rotatable bonds is 6. The minimum absolute atomic E-state index is 0.0118. The van der Waals surface area contributed by atoms with Crippen LogP contribution in [0.3, 0.4) is 0 Å². The van der Waals surface area contributed by atoms with Gasteiger partial charge in [0.1, 0.15) is 0 Å². The van der Waals surface area contributed by atoms with Crippen LogP contribution in [0.25, 0.3) is 0 Å². The molecule has 2 amide bonds. The minimum Gasteiger partial charge on any atom is -0.493 e. The molecule has 1 aromatic rings. The van der Waals surface area contributed by atoms with Crippen molar-refractivity contribution in [3.8, 4) is 11.5 Å². The smallest absolute Gasteiger partial charge is 0.234 e. The van der Waals surface area contributed by atoms with Gasteiger partial charge in [-0.3, -0.25) is 24.3 Å². The van der Waals surface area contributed by atoms with E-state index in [1.54, 1.807) is 14.2 Å². The molecule has 0 N–H and O–H groups in total. The van der Waals surface area contributed by atoms with Gasteiger partial charge in [-0.05, 0) is 43.0 Å². The highest BCUT2D eigenvalue weighted by Gasteiger charge is 2.47. The lowest BCUT2D eigenvalue weighted by atomic mass is 9.85. The Morgan fingerprint density at radius 2 is 1.40 bits per heavy atom. The predicted molar refractivity (Wildman–Crippen MR) is 113 cm³/mol. The number of aryl methyl sites for hydroxylation is 1. The Hall–Kier alpha value is -2.38. The third-order valence-corrected chi connectivity index (χ3v) is 6.64. The first-order valence-corrected chi connectivity index (χ1v) is 10.7. The number of allylic oxidation sites excluding steroid dienone is 2. The summed E-state index contributed by atoms with van der Waals surface area (Å²) in [6.45, 7) is 6.85. The van der Waals surface area contributed by atoms with E-state index in [1.165, 1.54) is 16.0 Å². The molecular formula is C23H31N3O4. The number of imide groups is 1. The molecule has 7 heteroatoms. The van der Waals surface area contributed by atoms with Gasteiger partial charge in [0.25, 0.3) is 0 Å². The molecule has 0 unspecified atom stereocenters. The number of likely N-dealkylation sites (tertiary alicyclic amines) is 1. The van der Waals surface area contributed by atoms with Gasteiger partial charge in [-0.15, -0.1) is 0 Å². The maximum Gasteiger partial charge on any atom is 0.234 e. The van der Waals surface area contributed by atoms with E-state index >= 15 is 0 Å². The predicted octanol–water partition coefficient (Wildman–Crippen LogP) is 2.04. The largest absolute Gasteiger partial charge is 0.493 e. The van der Waals surface area contributed by atoms with Crippen molar-refractivity contribution in [2.75, 3.05) is 47.1 Å². The first-order valence-electron chi connectivity index (χ1n) is 10.7. The van der Waals surface area contributed by atoms with Crippen LogP contribution in [0.15, 0.2) is 24.3 Å². The third-order valence-electron chi connectivity index (χ3n) is 6.64. The topological polar surface area (TPSA) is 62.3 Å². The summed E-state index contributed by atoms with van der Waals surface area (Å²) in [6, 6.07) is 4.07. The fraction of sp³-hybridized carbons (Fsp3) is 0.565. The van der Waals surface area contributed by atoms with Crippen molar-refractivity contribution in [3.05, 3.63) is 35.4 Å². The van der Waals surface area contributed by atoms with Gasteiger partial charge < -0.3 is 9.47 Å². The molecule has 4 rings (SSSR count). The van der Waals surface area contributed by atoms with Crippen LogP contribution in [0.2, 0.25) is 0 Å². The lowest BCUT2D eigenvalue weighted by Gasteiger charge is -2.36. The van der Waals surface area contributed by atoms with Crippen LogP contribution < -0.4 is 9.47 Å². The maximum absolute atomic E-state index is 12.7. The molecule has 3 aliphatic rings. The van der Waals surface area contributed by atoms with E-state index in [-0.39, 0.29) is 23.7 Å². The highest BCUT2D eigenvalue weighted by atomic mass is 16.5. The lowest BCUT2D eigenvalue weighted by molar-refractivity contribution is -0.142. The zero-order valence-electron chi connectivity index (χ0n) is 18.1. The molecule has 1 aromatic carbocycles. The Morgan fingerprint density at radius 3 is 1.97 bits per heavy atom. The molecular weight excluding hydrogens is 382 g/mol. The van der Waals surface area contributed by atoms with E-state index < -0.39 is 0 Å². The van der Waals surface area contributed by atoms with Crippen LogP contribution in [-0.2, 0) is 16.1 Å². The quantitative estimate of drug-likeness (QED) is 0.525. The summed E-state index contributed by atoms with van der Waals surface area (Å²) in [6.07, 6.45) is 5.46. The van der Waals surface area contributed by atoms with Gasteiger partial charge in [0.05, 0.1) is 32.7 Å². The highest BCUT2D eigenvalue weighted by Crippen LogP contribution is 2.35. The number of benzene rings is 1. The van der Waals surface area contributed by atoms with Gasteiger partial charge in [0.2, 0.25) is 11.8 Å². The molecule has 162 valence electrons. The molecule has 1 aliphatic carbocycles. The number of hydrogen-bond donors (Lipinski definition) is 0. The van der Waals surface area contributed by atoms with Crippen molar-refractivity contribution >= 4 is 11.8 Å². The second-order valence-corrected chi connectivity index (χ2v) is 8.43. The van der Waals surface area contributed by atoms with Crippen LogP contribution in [0.1, 0.15) is 24.0 Å². The van der Waals surface area contributed by atoms with E-state index in [1.807, 2.05) is 18.2 Å². The van der Waals surface area contributed by atoms with Crippen molar-refractivity contribution in [2.24, 2.45) is 11.8 Å². The lowest BCUT2D eigenvalue weighted by Crippen LogP contribution is -2.51. The second-order valence-electron chi connectivity index (χ2n) is 8.43. The van der Waals surface area contributed by atoms with Crippen molar-refractivity contribution in [1.29, 1.82) is 0 Å². The molecule has 0 saturated carbocycles. The fourth-order valence-electron chi connectivity index (χ4n) is 4.73. The molecule has 2 saturated heterocycles. The number of hydrogen-bond acceptors (Lipinski definition) is 6. The number of ether oxygens (including phenoxy) is 2. The Labute approximate surface area is 178 Å². The molecule has 0 aromatic heterocycles. The molecule has 0 radical (unpaired) electrons. The van der Waals surface area contributed by atoms with E-state index in [2.05, 4.69) is 22.8 Å². The van der Waals surface area contributed by atoms with Gasteiger partial charge in [-0.25, -0.2) is 0 Å². The number of carbonyl (C=O) groups is 2. The zero-order chi connectivity index (χ0) is 21.3. The molecule has 0 bridgehead atoms. The molecule has 2 atom stereocenters. The van der Waals surface area contributed by atoms with Gasteiger partial charge in [-0.1, -0.05) is 12.2 Å². The van der Waals surface area contributed by atoms with Gasteiger partial charge >= 0.3 is 0 Å². The molecule has 2 heterocycles. The van der Waals surface area contributed by atoms with Crippen molar-refractivity contribution in [3.63, 3.8) is 0 Å². The monoisotopic (exact) mass is 413 g/mol. The molecule has 2 fully saturated rings. The number of methoxy groups -OCH3 is 2. The van der Waals surface area contributed by atoms with E-state index in [0.29, 0.717) is 19.5 Å². The van der Waals surface area contributed by atoms with Crippen molar-refractivity contribution < 1.29 is 19.1 Å². The Morgan fingerprint density at radius 1 is 0.867 bits per heavy atom. The maximum atomic E-state index is 12.7. The SMILES string of the molecule is COc1cc(C)c(CN2CCN(CN3C(=O)[C@H]4CC=CC[C@H]4C3=O)CC2)cc1OC. The summed E-state index contributed by atoms with van der Waals surface area (Å²) >= 11 is 0. The van der Waals surface area contributed by atoms with Crippen molar-refractivity contribution in [2.45, 2.75) is 26.3 Å². The standard InChI is InChI=1S/C23H31N3O4/c1-16-12-20(29-2)21(30-3)13-17(16)14-24-8-10-25(11-9-24)15-26-22(27)18-6-4-5-7-19(18)23(26)28/h4-5,12-13,18-19H,6-11,14-15H2,1-3H3/t18-,19+. The van der Waals surface area contributed by atoms with E-state index in [9.17, 15) is 9.59 Å². The van der Waals surface area contributed by atoms with Crippen LogP contribution in [0, 0.1) is 18.8 Å². The molecule has 7 nitrogen and oxygen atoms in total. The normalized spacial score (nSPS) is 25.0. The van der Waals surface area contributed by atoms with E-state index in [0.717, 1.165) is 44.2 Å². The number of piperazine rings is 1. The Kier molecular flexibility index (Phi) is 6.11. The fourth-order valence-corrected chi connectivity index (χ4v) is 4.73. The molecule has 0 spiro atoms. The summed E-state index contributed by atoms with van der Waals surface area (Å²) in [4.78, 5) is 31.5. The molecule has 2 aliphatic heterocycles. The van der Waals surface area contributed by atoms with Crippen LogP contribution in [0.4, 0.5) is 0 Å². The summed E-state index contributed by atoms with van der Waals surface area (Å²) in [7, 11) is 3.31. The van der Waals surface area contributed by atoms with E-state index in [4.69, 9.17) is 9.47 Å². The number of amides is 2. The van der Waals surface area contributed by atoms with Crippen LogP contribution in [0.5, 0.6) is 11.5 Å². The van der Waals surface area contributed by atoms with Gasteiger partial charge in [0, 0.05) is 32.7 Å².